The fourth-order valence-corrected chi connectivity index (χ4v) is 4.81. The number of primary amides is 1. The van der Waals surface area contributed by atoms with Gasteiger partial charge in [-0.25, -0.2) is 4.98 Å². The van der Waals surface area contributed by atoms with E-state index in [1.54, 1.807) is 12.1 Å². The molecule has 0 bridgehead atoms. The Bertz CT molecular complexity index is 1070. The molecule has 2 aliphatic carbocycles. The molecular weight excluding hydrogens is 440 g/mol. The summed E-state index contributed by atoms with van der Waals surface area (Å²) in [7, 11) is 0. The number of nitrogens with two attached hydrogens (primary N) is 1. The molecule has 3 atom stereocenters. The zero-order valence-electron chi connectivity index (χ0n) is 18.6. The molecule has 2 amide bonds. The number of hydrogen-bond donors (Lipinski definition) is 4. The van der Waals surface area contributed by atoms with Crippen molar-refractivity contribution in [1.82, 2.24) is 15.3 Å². The monoisotopic (exact) mass is 468 g/mol. The molecule has 2 fully saturated rings. The molecule has 0 spiro atoms. The van der Waals surface area contributed by atoms with Crippen LogP contribution in [0, 0.1) is 18.8 Å². The average Bonchev–Trinajstić information content (AvgIpc) is 3.11. The maximum atomic E-state index is 12.0. The van der Waals surface area contributed by atoms with Gasteiger partial charge in [-0.05, 0) is 55.4 Å². The third-order valence-corrected chi connectivity index (χ3v) is 7.04. The van der Waals surface area contributed by atoms with Crippen molar-refractivity contribution in [1.29, 1.82) is 0 Å². The Morgan fingerprint density at radius 2 is 1.97 bits per heavy atom. The molecule has 0 saturated heterocycles. The van der Waals surface area contributed by atoms with Crippen LogP contribution in [0.3, 0.4) is 0 Å². The van der Waals surface area contributed by atoms with Gasteiger partial charge in [0.2, 0.25) is 17.8 Å². The summed E-state index contributed by atoms with van der Waals surface area (Å²) in [6, 6.07) is 5.12. The third-order valence-electron chi connectivity index (χ3n) is 6.76. The average molecular weight is 469 g/mol. The summed E-state index contributed by atoms with van der Waals surface area (Å²) in [4.78, 5) is 32.4. The Kier molecular flexibility index (Phi) is 6.83. The molecule has 2 saturated carbocycles. The molecule has 33 heavy (non-hydrogen) atoms. The first-order valence-electron chi connectivity index (χ1n) is 11.2. The Hall–Kier alpha value is -3.13. The van der Waals surface area contributed by atoms with Crippen molar-refractivity contribution < 1.29 is 9.59 Å². The highest BCUT2D eigenvalue weighted by Crippen LogP contribution is 2.43. The summed E-state index contributed by atoms with van der Waals surface area (Å²) < 4.78 is 0. The number of benzene rings is 1. The van der Waals surface area contributed by atoms with Gasteiger partial charge in [-0.2, -0.15) is 4.98 Å². The highest BCUT2D eigenvalue weighted by Gasteiger charge is 2.40. The topological polar surface area (TPSA) is 122 Å². The lowest BCUT2D eigenvalue weighted by Gasteiger charge is -2.31. The van der Waals surface area contributed by atoms with Crippen LogP contribution in [0.2, 0.25) is 5.02 Å². The number of halogens is 1. The third kappa shape index (κ3) is 5.27. The Balaban J connectivity index is 1.53. The largest absolute Gasteiger partial charge is 0.366 e. The lowest BCUT2D eigenvalue weighted by molar-refractivity contribution is -0.117. The number of aryl methyl sites for hydroxylation is 1. The summed E-state index contributed by atoms with van der Waals surface area (Å²) >= 11 is 6.41. The first-order valence-corrected chi connectivity index (χ1v) is 11.6. The normalized spacial score (nSPS) is 22.3. The number of aromatic nitrogens is 2. The molecule has 9 heteroatoms. The van der Waals surface area contributed by atoms with Gasteiger partial charge in [0.1, 0.15) is 5.02 Å². The second-order valence-corrected chi connectivity index (χ2v) is 9.31. The molecule has 1 heterocycles. The number of hydrogen-bond acceptors (Lipinski definition) is 6. The molecule has 1 aromatic carbocycles. The molecule has 2 aliphatic rings. The van der Waals surface area contributed by atoms with E-state index in [4.69, 9.17) is 17.3 Å². The molecule has 5 N–H and O–H groups in total. The second kappa shape index (κ2) is 9.79. The molecule has 0 radical (unpaired) electrons. The summed E-state index contributed by atoms with van der Waals surface area (Å²) in [6.07, 6.45) is 8.49. The van der Waals surface area contributed by atoms with E-state index in [9.17, 15) is 9.59 Å². The van der Waals surface area contributed by atoms with Gasteiger partial charge < -0.3 is 21.7 Å². The van der Waals surface area contributed by atoms with E-state index in [1.807, 2.05) is 13.0 Å². The van der Waals surface area contributed by atoms with Crippen LogP contribution in [0.1, 0.15) is 48.0 Å². The van der Waals surface area contributed by atoms with Crippen molar-refractivity contribution >= 4 is 40.9 Å². The lowest BCUT2D eigenvalue weighted by Crippen LogP contribution is -2.42. The molecule has 174 valence electrons. The molecule has 1 aromatic heterocycles. The van der Waals surface area contributed by atoms with Gasteiger partial charge in [-0.3, -0.25) is 9.59 Å². The van der Waals surface area contributed by atoms with Crippen LogP contribution in [0.4, 0.5) is 17.5 Å². The SMILES string of the molecule is C=CC(=O)N[C@H]1CC(C2CCC2)C[C@@H]1Nc1nc(Nc2cc(C(N)=O)ccc2C)ncc1Cl. The van der Waals surface area contributed by atoms with Gasteiger partial charge in [0.15, 0.2) is 5.82 Å². The van der Waals surface area contributed by atoms with Gasteiger partial charge in [0.25, 0.3) is 0 Å². The second-order valence-electron chi connectivity index (χ2n) is 8.90. The van der Waals surface area contributed by atoms with Gasteiger partial charge in [-0.15, -0.1) is 0 Å². The predicted molar refractivity (Wildman–Crippen MR) is 130 cm³/mol. The van der Waals surface area contributed by atoms with Crippen LogP contribution in [-0.4, -0.2) is 33.9 Å². The first-order chi connectivity index (χ1) is 15.8. The summed E-state index contributed by atoms with van der Waals surface area (Å²) in [5.74, 6) is 1.43. The predicted octanol–water partition coefficient (Wildman–Crippen LogP) is 3.94. The van der Waals surface area contributed by atoms with Crippen molar-refractivity contribution in [2.45, 2.75) is 51.1 Å². The molecule has 8 nitrogen and oxygen atoms in total. The zero-order valence-corrected chi connectivity index (χ0v) is 19.4. The quantitative estimate of drug-likeness (QED) is 0.435. The minimum Gasteiger partial charge on any atom is -0.366 e. The van der Waals surface area contributed by atoms with Crippen LogP contribution in [0.5, 0.6) is 0 Å². The van der Waals surface area contributed by atoms with Gasteiger partial charge in [0.05, 0.1) is 6.20 Å². The Morgan fingerprint density at radius 1 is 1.21 bits per heavy atom. The van der Waals surface area contributed by atoms with E-state index in [-0.39, 0.29) is 18.0 Å². The van der Waals surface area contributed by atoms with Crippen LogP contribution < -0.4 is 21.7 Å². The summed E-state index contributed by atoms with van der Waals surface area (Å²) in [5.41, 5.74) is 7.39. The van der Waals surface area contributed by atoms with E-state index in [0.717, 1.165) is 24.3 Å². The van der Waals surface area contributed by atoms with Crippen LogP contribution in [-0.2, 0) is 4.79 Å². The maximum Gasteiger partial charge on any atom is 0.248 e. The van der Waals surface area contributed by atoms with Crippen molar-refractivity contribution in [3.63, 3.8) is 0 Å². The van der Waals surface area contributed by atoms with Gasteiger partial charge in [-0.1, -0.05) is 43.5 Å². The van der Waals surface area contributed by atoms with E-state index in [0.29, 0.717) is 34.0 Å². The number of nitrogens with zero attached hydrogens (tertiary/aromatic N) is 2. The number of rotatable bonds is 8. The van der Waals surface area contributed by atoms with Gasteiger partial charge >= 0.3 is 0 Å². The van der Waals surface area contributed by atoms with Crippen molar-refractivity contribution in [2.75, 3.05) is 10.6 Å². The Morgan fingerprint density at radius 3 is 2.64 bits per heavy atom. The fraction of sp³-hybridized carbons (Fsp3) is 0.417. The van der Waals surface area contributed by atoms with E-state index >= 15 is 0 Å². The number of carbonyl (C=O) groups is 2. The maximum absolute atomic E-state index is 12.0. The number of nitrogens with one attached hydrogen (secondary N) is 3. The smallest absolute Gasteiger partial charge is 0.248 e. The number of amides is 2. The van der Waals surface area contributed by atoms with Crippen molar-refractivity contribution in [2.24, 2.45) is 17.6 Å². The molecule has 1 unspecified atom stereocenters. The highest BCUT2D eigenvalue weighted by atomic mass is 35.5. The van der Waals surface area contributed by atoms with E-state index < -0.39 is 5.91 Å². The zero-order chi connectivity index (χ0) is 23.5. The van der Waals surface area contributed by atoms with Crippen molar-refractivity contribution in [3.05, 3.63) is 53.2 Å². The van der Waals surface area contributed by atoms with E-state index in [1.165, 1.54) is 31.5 Å². The lowest BCUT2D eigenvalue weighted by atomic mass is 9.75. The van der Waals surface area contributed by atoms with Gasteiger partial charge in [0, 0.05) is 23.3 Å². The minimum absolute atomic E-state index is 0.000300. The van der Waals surface area contributed by atoms with E-state index in [2.05, 4.69) is 32.5 Å². The molecule has 0 aliphatic heterocycles. The minimum atomic E-state index is -0.507. The van der Waals surface area contributed by atoms with Crippen molar-refractivity contribution in [3.8, 4) is 0 Å². The van der Waals surface area contributed by atoms with Crippen LogP contribution >= 0.6 is 11.6 Å². The first kappa shape index (κ1) is 23.0. The highest BCUT2D eigenvalue weighted by molar-refractivity contribution is 6.32. The number of anilines is 3. The van der Waals surface area contributed by atoms with Crippen LogP contribution in [0.15, 0.2) is 37.1 Å². The molecule has 4 rings (SSSR count). The summed E-state index contributed by atoms with van der Waals surface area (Å²) in [5, 5.41) is 10.0. The molecule has 2 aromatic rings. The van der Waals surface area contributed by atoms with Crippen LogP contribution in [0.25, 0.3) is 0 Å². The standard InChI is InChI=1S/C24H29ClN6O2/c1-3-21(32)28-19-10-16(14-5-4-6-14)11-20(19)29-23-17(25)12-27-24(31-23)30-18-9-15(22(26)33)8-7-13(18)2/h3,7-9,12,14,16,19-20H,1,4-6,10-11H2,2H3,(H2,26,33)(H,28,32)(H2,27,29,30,31)/t16?,19-,20-/m0/s1. The Labute approximate surface area is 198 Å². The fourth-order valence-electron chi connectivity index (χ4n) is 4.67. The number of carbonyl (C=O) groups excluding carboxylic acids is 2. The summed E-state index contributed by atoms with van der Waals surface area (Å²) in [6.45, 7) is 5.48. The molecular formula is C24H29ClN6O2.